The van der Waals surface area contributed by atoms with Gasteiger partial charge in [-0.2, -0.15) is 0 Å². The van der Waals surface area contributed by atoms with Gasteiger partial charge < -0.3 is 9.30 Å². The van der Waals surface area contributed by atoms with Gasteiger partial charge in [0.15, 0.2) is 0 Å². The fraction of sp³-hybridized carbons (Fsp3) is 0.333. The number of Topliss-reactive ketones (excluding diaryl/α,β-unsaturated/α-hetero) is 1. The summed E-state index contributed by atoms with van der Waals surface area (Å²) < 4.78 is 6.16. The zero-order valence-corrected chi connectivity index (χ0v) is 7.61. The summed E-state index contributed by atoms with van der Waals surface area (Å²) in [5.41, 5.74) is 0.346. The van der Waals surface area contributed by atoms with Crippen LogP contribution in [0.5, 0.6) is 0 Å². The minimum atomic E-state index is -0.802. The van der Waals surface area contributed by atoms with Crippen LogP contribution in [0.15, 0.2) is 18.3 Å². The predicted octanol–water partition coefficient (Wildman–Crippen LogP) is 0.771. The molecule has 0 aliphatic carbocycles. The van der Waals surface area contributed by atoms with E-state index in [-0.39, 0.29) is 6.61 Å². The van der Waals surface area contributed by atoms with E-state index in [0.29, 0.717) is 5.69 Å². The van der Waals surface area contributed by atoms with Crippen molar-refractivity contribution in [3.63, 3.8) is 0 Å². The Morgan fingerprint density at radius 2 is 2.23 bits per heavy atom. The lowest BCUT2D eigenvalue weighted by Gasteiger charge is -2.01. The summed E-state index contributed by atoms with van der Waals surface area (Å²) in [6, 6.07) is 3.28. The van der Waals surface area contributed by atoms with E-state index in [1.807, 2.05) is 0 Å². The molecule has 0 aliphatic rings. The Bertz CT molecular complexity index is 327. The SMILES string of the molecule is CCOC(=O)C(=O)c1cccn1C. The minimum absolute atomic E-state index is 0.217. The molecule has 0 aliphatic heterocycles. The first-order valence-electron chi connectivity index (χ1n) is 3.99. The molecule has 70 valence electrons. The van der Waals surface area contributed by atoms with Crippen molar-refractivity contribution in [2.45, 2.75) is 6.92 Å². The van der Waals surface area contributed by atoms with Gasteiger partial charge in [0, 0.05) is 13.2 Å². The van der Waals surface area contributed by atoms with Gasteiger partial charge in [-0.15, -0.1) is 0 Å². The Morgan fingerprint density at radius 3 is 2.69 bits per heavy atom. The maximum Gasteiger partial charge on any atom is 0.381 e. The van der Waals surface area contributed by atoms with Crippen LogP contribution in [0.3, 0.4) is 0 Å². The van der Waals surface area contributed by atoms with Crippen LogP contribution in [0.25, 0.3) is 0 Å². The molecule has 0 fully saturated rings. The average molecular weight is 181 g/mol. The topological polar surface area (TPSA) is 48.3 Å². The molecular weight excluding hydrogens is 170 g/mol. The van der Waals surface area contributed by atoms with Gasteiger partial charge in [-0.3, -0.25) is 4.79 Å². The number of aryl methyl sites for hydroxylation is 1. The largest absolute Gasteiger partial charge is 0.460 e. The van der Waals surface area contributed by atoms with Gasteiger partial charge in [-0.05, 0) is 19.1 Å². The van der Waals surface area contributed by atoms with E-state index in [9.17, 15) is 9.59 Å². The van der Waals surface area contributed by atoms with Gasteiger partial charge in [0.25, 0.3) is 5.78 Å². The van der Waals surface area contributed by atoms with Crippen LogP contribution in [0.1, 0.15) is 17.4 Å². The Morgan fingerprint density at radius 1 is 1.54 bits per heavy atom. The van der Waals surface area contributed by atoms with Gasteiger partial charge in [0.05, 0.1) is 12.3 Å². The van der Waals surface area contributed by atoms with E-state index in [1.54, 1.807) is 36.9 Å². The second-order valence-corrected chi connectivity index (χ2v) is 2.55. The monoisotopic (exact) mass is 181 g/mol. The molecule has 1 rings (SSSR count). The summed E-state index contributed by atoms with van der Waals surface area (Å²) in [4.78, 5) is 22.3. The molecule has 0 spiro atoms. The third-order valence-corrected chi connectivity index (χ3v) is 1.64. The Hall–Kier alpha value is -1.58. The molecule has 0 N–H and O–H groups in total. The van der Waals surface area contributed by atoms with Crippen LogP contribution < -0.4 is 0 Å². The highest BCUT2D eigenvalue weighted by molar-refractivity contribution is 6.40. The molecule has 0 bridgehead atoms. The number of esters is 1. The van der Waals surface area contributed by atoms with Crippen molar-refractivity contribution in [3.8, 4) is 0 Å². The highest BCUT2D eigenvalue weighted by Gasteiger charge is 2.19. The van der Waals surface area contributed by atoms with E-state index in [0.717, 1.165) is 0 Å². The number of nitrogens with zero attached hydrogens (tertiary/aromatic N) is 1. The molecule has 4 nitrogen and oxygen atoms in total. The molecule has 0 atom stereocenters. The van der Waals surface area contributed by atoms with Crippen LogP contribution in [0, 0.1) is 0 Å². The number of rotatable bonds is 3. The Kier molecular flexibility index (Phi) is 2.84. The number of ether oxygens (including phenoxy) is 1. The first-order valence-corrected chi connectivity index (χ1v) is 3.99. The average Bonchev–Trinajstić information content (AvgIpc) is 2.50. The number of ketones is 1. The summed E-state index contributed by atoms with van der Waals surface area (Å²) in [7, 11) is 1.70. The fourth-order valence-electron chi connectivity index (χ4n) is 0.998. The molecule has 0 aromatic carbocycles. The summed E-state index contributed by atoms with van der Waals surface area (Å²) in [6.07, 6.45) is 1.70. The number of hydrogen-bond acceptors (Lipinski definition) is 3. The summed E-state index contributed by atoms with van der Waals surface area (Å²) >= 11 is 0. The molecule has 1 heterocycles. The molecule has 0 radical (unpaired) electrons. The number of carbonyl (C=O) groups is 2. The van der Waals surface area contributed by atoms with Gasteiger partial charge in [0.1, 0.15) is 0 Å². The normalized spacial score (nSPS) is 9.69. The number of aromatic nitrogens is 1. The highest BCUT2D eigenvalue weighted by atomic mass is 16.5. The predicted molar refractivity (Wildman–Crippen MR) is 46.4 cm³/mol. The van der Waals surface area contributed by atoms with Gasteiger partial charge in [-0.1, -0.05) is 0 Å². The van der Waals surface area contributed by atoms with Crippen molar-refractivity contribution in [1.29, 1.82) is 0 Å². The molecule has 0 saturated heterocycles. The van der Waals surface area contributed by atoms with E-state index in [4.69, 9.17) is 0 Å². The van der Waals surface area contributed by atoms with Gasteiger partial charge in [0.2, 0.25) is 0 Å². The fourth-order valence-corrected chi connectivity index (χ4v) is 0.998. The quantitative estimate of drug-likeness (QED) is 0.393. The van der Waals surface area contributed by atoms with Crippen molar-refractivity contribution in [1.82, 2.24) is 4.57 Å². The minimum Gasteiger partial charge on any atom is -0.460 e. The highest BCUT2D eigenvalue weighted by Crippen LogP contribution is 2.01. The third kappa shape index (κ3) is 1.96. The van der Waals surface area contributed by atoms with E-state index in [2.05, 4.69) is 4.74 Å². The van der Waals surface area contributed by atoms with Crippen LogP contribution in [0.2, 0.25) is 0 Å². The zero-order valence-electron chi connectivity index (χ0n) is 7.61. The second kappa shape index (κ2) is 3.89. The summed E-state index contributed by atoms with van der Waals surface area (Å²) in [5.74, 6) is -1.40. The number of hydrogen-bond donors (Lipinski definition) is 0. The molecule has 1 aromatic heterocycles. The van der Waals surface area contributed by atoms with Crippen molar-refractivity contribution >= 4 is 11.8 Å². The first kappa shape index (κ1) is 9.51. The van der Waals surface area contributed by atoms with E-state index in [1.165, 1.54) is 0 Å². The Balaban J connectivity index is 2.80. The van der Waals surface area contributed by atoms with Crippen molar-refractivity contribution in [2.24, 2.45) is 7.05 Å². The van der Waals surface area contributed by atoms with E-state index >= 15 is 0 Å². The molecule has 0 saturated carbocycles. The lowest BCUT2D eigenvalue weighted by Crippen LogP contribution is -2.19. The standard InChI is InChI=1S/C9H11NO3/c1-3-13-9(12)8(11)7-5-4-6-10(7)2/h4-6H,3H2,1-2H3. The molecule has 0 unspecified atom stereocenters. The molecular formula is C9H11NO3. The van der Waals surface area contributed by atoms with Crippen LogP contribution in [-0.4, -0.2) is 22.9 Å². The Labute approximate surface area is 76.1 Å². The number of carbonyl (C=O) groups excluding carboxylic acids is 2. The van der Waals surface area contributed by atoms with Crippen molar-refractivity contribution in [2.75, 3.05) is 6.61 Å². The van der Waals surface area contributed by atoms with Crippen molar-refractivity contribution in [3.05, 3.63) is 24.0 Å². The third-order valence-electron chi connectivity index (χ3n) is 1.64. The van der Waals surface area contributed by atoms with Crippen LogP contribution in [0.4, 0.5) is 0 Å². The maximum absolute atomic E-state index is 11.3. The summed E-state index contributed by atoms with van der Waals surface area (Å²) in [5, 5.41) is 0. The molecule has 4 heteroatoms. The van der Waals surface area contributed by atoms with Crippen LogP contribution >= 0.6 is 0 Å². The maximum atomic E-state index is 11.3. The van der Waals surface area contributed by atoms with E-state index < -0.39 is 11.8 Å². The molecule has 0 amide bonds. The van der Waals surface area contributed by atoms with Crippen LogP contribution in [-0.2, 0) is 16.6 Å². The second-order valence-electron chi connectivity index (χ2n) is 2.55. The van der Waals surface area contributed by atoms with Gasteiger partial charge in [-0.25, -0.2) is 4.79 Å². The van der Waals surface area contributed by atoms with Crippen molar-refractivity contribution < 1.29 is 14.3 Å². The molecule has 13 heavy (non-hydrogen) atoms. The lowest BCUT2D eigenvalue weighted by molar-refractivity contribution is -0.137. The summed E-state index contributed by atoms with van der Waals surface area (Å²) in [6.45, 7) is 1.88. The lowest BCUT2D eigenvalue weighted by atomic mass is 10.3. The zero-order chi connectivity index (χ0) is 9.84. The van der Waals surface area contributed by atoms with Gasteiger partial charge >= 0.3 is 5.97 Å². The smallest absolute Gasteiger partial charge is 0.381 e. The molecule has 1 aromatic rings. The first-order chi connectivity index (χ1) is 6.16.